The number of anilines is 1. The maximum Gasteiger partial charge on any atom is 0.262 e. The van der Waals surface area contributed by atoms with E-state index < -0.39 is 0 Å². The third-order valence-corrected chi connectivity index (χ3v) is 4.43. The van der Waals surface area contributed by atoms with Crippen LogP contribution in [0.4, 0.5) is 5.69 Å². The molecule has 2 amide bonds. The summed E-state index contributed by atoms with van der Waals surface area (Å²) in [6.07, 6.45) is 0. The van der Waals surface area contributed by atoms with E-state index in [4.69, 9.17) is 9.47 Å². The van der Waals surface area contributed by atoms with Crippen molar-refractivity contribution in [2.24, 2.45) is 0 Å². The number of nitrogens with one attached hydrogen (secondary N) is 1. The second kappa shape index (κ2) is 10.1. The van der Waals surface area contributed by atoms with E-state index in [9.17, 15) is 9.59 Å². The Morgan fingerprint density at radius 1 is 0.900 bits per heavy atom. The second-order valence-electron chi connectivity index (χ2n) is 6.72. The first-order valence-electron chi connectivity index (χ1n) is 9.52. The predicted octanol–water partition coefficient (Wildman–Crippen LogP) is 3.98. The number of para-hydroxylation sites is 2. The van der Waals surface area contributed by atoms with Crippen molar-refractivity contribution in [3.63, 3.8) is 0 Å². The molecule has 0 fully saturated rings. The van der Waals surface area contributed by atoms with E-state index in [0.717, 1.165) is 5.56 Å². The van der Waals surface area contributed by atoms with Gasteiger partial charge in [-0.25, -0.2) is 0 Å². The number of amides is 2. The monoisotopic (exact) mass is 404 g/mol. The lowest BCUT2D eigenvalue weighted by Gasteiger charge is -2.18. The number of methoxy groups -OCH3 is 1. The Labute approximate surface area is 176 Å². The van der Waals surface area contributed by atoms with Crippen molar-refractivity contribution >= 4 is 17.5 Å². The number of hydrogen-bond acceptors (Lipinski definition) is 4. The summed E-state index contributed by atoms with van der Waals surface area (Å²) in [4.78, 5) is 26.7. The van der Waals surface area contributed by atoms with Gasteiger partial charge >= 0.3 is 0 Å². The summed E-state index contributed by atoms with van der Waals surface area (Å²) in [7, 11) is 3.29. The number of nitrogens with zero attached hydrogens (tertiary/aromatic N) is 1. The summed E-state index contributed by atoms with van der Waals surface area (Å²) in [6.45, 7) is 0.329. The van der Waals surface area contributed by atoms with Crippen molar-refractivity contribution in [3.05, 3.63) is 90.0 Å². The van der Waals surface area contributed by atoms with Gasteiger partial charge < -0.3 is 19.7 Å². The van der Waals surface area contributed by atoms with Crippen LogP contribution in [0.1, 0.15) is 15.9 Å². The second-order valence-corrected chi connectivity index (χ2v) is 6.72. The van der Waals surface area contributed by atoms with Gasteiger partial charge in [0.05, 0.1) is 7.11 Å². The lowest BCUT2D eigenvalue weighted by Crippen LogP contribution is -2.26. The molecule has 0 saturated heterocycles. The Hall–Kier alpha value is -3.80. The molecule has 154 valence electrons. The van der Waals surface area contributed by atoms with Gasteiger partial charge in [-0.05, 0) is 35.9 Å². The Bertz CT molecular complexity index is 1000. The quantitative estimate of drug-likeness (QED) is 0.617. The van der Waals surface area contributed by atoms with Crippen molar-refractivity contribution < 1.29 is 19.1 Å². The lowest BCUT2D eigenvalue weighted by atomic mass is 10.1. The maximum atomic E-state index is 12.7. The number of hydrogen-bond donors (Lipinski definition) is 1. The van der Waals surface area contributed by atoms with Crippen LogP contribution in [-0.4, -0.2) is 37.5 Å². The van der Waals surface area contributed by atoms with Gasteiger partial charge in [0.2, 0.25) is 0 Å². The highest BCUT2D eigenvalue weighted by Crippen LogP contribution is 2.25. The number of rotatable bonds is 8. The molecule has 6 nitrogen and oxygen atoms in total. The van der Waals surface area contributed by atoms with Crippen molar-refractivity contribution in [3.8, 4) is 11.5 Å². The molecule has 1 N–H and O–H groups in total. The molecule has 30 heavy (non-hydrogen) atoms. The van der Waals surface area contributed by atoms with Crippen molar-refractivity contribution in [2.45, 2.75) is 6.54 Å². The van der Waals surface area contributed by atoms with Gasteiger partial charge in [-0.3, -0.25) is 9.59 Å². The summed E-state index contributed by atoms with van der Waals surface area (Å²) in [5, 5.41) is 2.76. The first-order valence-corrected chi connectivity index (χ1v) is 9.52. The molecule has 0 unspecified atom stereocenters. The molecule has 0 heterocycles. The molecule has 0 aromatic heterocycles. The van der Waals surface area contributed by atoms with Gasteiger partial charge in [0.15, 0.2) is 18.1 Å². The fourth-order valence-corrected chi connectivity index (χ4v) is 2.96. The SMILES string of the molecule is COc1ccccc1OCC(=O)Nc1cccc(C(=O)N(C)Cc2ccccc2)c1. The van der Waals surface area contributed by atoms with E-state index in [1.54, 1.807) is 61.5 Å². The first kappa shape index (κ1) is 20.9. The third-order valence-electron chi connectivity index (χ3n) is 4.43. The molecule has 0 saturated carbocycles. The predicted molar refractivity (Wildman–Crippen MR) is 116 cm³/mol. The summed E-state index contributed by atoms with van der Waals surface area (Å²) in [5.74, 6) is 0.587. The Morgan fingerprint density at radius 2 is 1.60 bits per heavy atom. The highest BCUT2D eigenvalue weighted by molar-refractivity contribution is 5.97. The smallest absolute Gasteiger partial charge is 0.262 e. The van der Waals surface area contributed by atoms with Crippen LogP contribution in [0.15, 0.2) is 78.9 Å². The van der Waals surface area contributed by atoms with Crippen LogP contribution >= 0.6 is 0 Å². The molecule has 0 aliphatic heterocycles. The number of carbonyl (C=O) groups is 2. The van der Waals surface area contributed by atoms with Gasteiger partial charge in [-0.2, -0.15) is 0 Å². The summed E-state index contributed by atoms with van der Waals surface area (Å²) in [5.41, 5.74) is 2.07. The van der Waals surface area contributed by atoms with Gasteiger partial charge in [0, 0.05) is 24.8 Å². The average molecular weight is 404 g/mol. The van der Waals surface area contributed by atoms with E-state index in [-0.39, 0.29) is 18.4 Å². The summed E-state index contributed by atoms with van der Waals surface area (Å²) >= 11 is 0. The minimum absolute atomic E-state index is 0.125. The van der Waals surface area contributed by atoms with E-state index in [0.29, 0.717) is 29.3 Å². The highest BCUT2D eigenvalue weighted by atomic mass is 16.5. The largest absolute Gasteiger partial charge is 0.493 e. The molecule has 0 spiro atoms. The van der Waals surface area contributed by atoms with Crippen molar-refractivity contribution in [2.75, 3.05) is 26.1 Å². The van der Waals surface area contributed by atoms with Gasteiger partial charge in [0.1, 0.15) is 0 Å². The molecular formula is C24H24N2O4. The van der Waals surface area contributed by atoms with Crippen LogP contribution in [0.25, 0.3) is 0 Å². The fraction of sp³-hybridized carbons (Fsp3) is 0.167. The zero-order valence-electron chi connectivity index (χ0n) is 17.0. The maximum absolute atomic E-state index is 12.7. The van der Waals surface area contributed by atoms with Crippen LogP contribution < -0.4 is 14.8 Å². The number of benzene rings is 3. The molecule has 0 aliphatic rings. The van der Waals surface area contributed by atoms with Gasteiger partial charge in [-0.1, -0.05) is 48.5 Å². The molecule has 0 radical (unpaired) electrons. The standard InChI is InChI=1S/C24H24N2O4/c1-26(16-18-9-4-3-5-10-18)24(28)19-11-8-12-20(15-19)25-23(27)17-30-22-14-7-6-13-21(22)29-2/h3-15H,16-17H2,1-2H3,(H,25,27). The van der Waals surface area contributed by atoms with Crippen molar-refractivity contribution in [1.82, 2.24) is 4.90 Å². The number of ether oxygens (including phenoxy) is 2. The molecule has 0 bridgehead atoms. The molecule has 3 aromatic carbocycles. The first-order chi connectivity index (χ1) is 14.6. The van der Waals surface area contributed by atoms with Crippen LogP contribution in [0, 0.1) is 0 Å². The Morgan fingerprint density at radius 3 is 2.33 bits per heavy atom. The van der Waals surface area contributed by atoms with Gasteiger partial charge in [0.25, 0.3) is 11.8 Å². The van der Waals surface area contributed by atoms with E-state index in [1.165, 1.54) is 0 Å². The molecule has 3 aromatic rings. The Balaban J connectivity index is 1.59. The van der Waals surface area contributed by atoms with E-state index in [1.807, 2.05) is 36.4 Å². The van der Waals surface area contributed by atoms with Crippen molar-refractivity contribution in [1.29, 1.82) is 0 Å². The number of carbonyl (C=O) groups excluding carboxylic acids is 2. The van der Waals surface area contributed by atoms with E-state index in [2.05, 4.69) is 5.32 Å². The fourth-order valence-electron chi connectivity index (χ4n) is 2.96. The molecule has 0 atom stereocenters. The van der Waals surface area contributed by atoms with Crippen LogP contribution in [-0.2, 0) is 11.3 Å². The van der Waals surface area contributed by atoms with Crippen LogP contribution in [0.5, 0.6) is 11.5 Å². The zero-order valence-corrected chi connectivity index (χ0v) is 17.0. The normalized spacial score (nSPS) is 10.2. The molecule has 0 aliphatic carbocycles. The third kappa shape index (κ3) is 5.61. The summed E-state index contributed by atoms with van der Waals surface area (Å²) < 4.78 is 10.7. The van der Waals surface area contributed by atoms with Gasteiger partial charge in [-0.15, -0.1) is 0 Å². The van der Waals surface area contributed by atoms with E-state index >= 15 is 0 Å². The highest BCUT2D eigenvalue weighted by Gasteiger charge is 2.13. The minimum Gasteiger partial charge on any atom is -0.493 e. The minimum atomic E-state index is -0.330. The van der Waals surface area contributed by atoms with Crippen LogP contribution in [0.3, 0.4) is 0 Å². The topological polar surface area (TPSA) is 67.9 Å². The average Bonchev–Trinajstić information content (AvgIpc) is 2.78. The molecule has 6 heteroatoms. The summed E-state index contributed by atoms with van der Waals surface area (Å²) in [6, 6.07) is 23.7. The Kier molecular flexibility index (Phi) is 7.05. The zero-order chi connectivity index (χ0) is 21.3. The van der Waals surface area contributed by atoms with Crippen LogP contribution in [0.2, 0.25) is 0 Å². The molecular weight excluding hydrogens is 380 g/mol. The molecule has 3 rings (SSSR count). The lowest BCUT2D eigenvalue weighted by molar-refractivity contribution is -0.118.